The van der Waals surface area contributed by atoms with Crippen LogP contribution in [0.2, 0.25) is 0 Å². The third kappa shape index (κ3) is 2.59. The lowest BCUT2D eigenvalue weighted by Gasteiger charge is -2.07. The van der Waals surface area contributed by atoms with Crippen LogP contribution in [0.5, 0.6) is 0 Å². The largest absolute Gasteiger partial charge is 0.399 e. The number of aryl methyl sites for hydroxylation is 1. The van der Waals surface area contributed by atoms with Gasteiger partial charge in [-0.25, -0.2) is 0 Å². The van der Waals surface area contributed by atoms with E-state index in [1.54, 1.807) is 6.07 Å². The van der Waals surface area contributed by atoms with Gasteiger partial charge in [0, 0.05) is 17.7 Å². The Kier molecular flexibility index (Phi) is 3.28. The summed E-state index contributed by atoms with van der Waals surface area (Å²) in [5.74, 6) is 0.608. The minimum atomic E-state index is 0.206. The SMILES string of the molecule is Cc1cc(N)ccc1C(=O)CC(C)C. The molecule has 0 aliphatic rings. The molecular formula is C12H17NO. The fraction of sp³-hybridized carbons (Fsp3) is 0.417. The highest BCUT2D eigenvalue weighted by Crippen LogP contribution is 2.16. The number of hydrogen-bond donors (Lipinski definition) is 1. The number of anilines is 1. The van der Waals surface area contributed by atoms with Crippen molar-refractivity contribution in [3.8, 4) is 0 Å². The monoisotopic (exact) mass is 191 g/mol. The predicted octanol–water partition coefficient (Wildman–Crippen LogP) is 2.81. The number of ketones is 1. The first-order chi connectivity index (χ1) is 6.50. The van der Waals surface area contributed by atoms with Gasteiger partial charge in [0.25, 0.3) is 0 Å². The summed E-state index contributed by atoms with van der Waals surface area (Å²) < 4.78 is 0. The summed E-state index contributed by atoms with van der Waals surface area (Å²) in [4.78, 5) is 11.7. The Morgan fingerprint density at radius 3 is 2.57 bits per heavy atom. The van der Waals surface area contributed by atoms with Gasteiger partial charge in [-0.05, 0) is 36.6 Å². The lowest BCUT2D eigenvalue weighted by atomic mass is 9.97. The fourth-order valence-corrected chi connectivity index (χ4v) is 1.48. The molecule has 1 aromatic rings. The van der Waals surface area contributed by atoms with Crippen LogP contribution < -0.4 is 5.73 Å². The van der Waals surface area contributed by atoms with Gasteiger partial charge in [-0.3, -0.25) is 4.79 Å². The summed E-state index contributed by atoms with van der Waals surface area (Å²) in [6.45, 7) is 6.01. The molecule has 0 bridgehead atoms. The average Bonchev–Trinajstić information content (AvgIpc) is 2.01. The molecule has 0 amide bonds. The van der Waals surface area contributed by atoms with E-state index >= 15 is 0 Å². The van der Waals surface area contributed by atoms with Crippen molar-refractivity contribution in [2.24, 2.45) is 5.92 Å². The van der Waals surface area contributed by atoms with Crippen LogP contribution in [0.15, 0.2) is 18.2 Å². The van der Waals surface area contributed by atoms with Gasteiger partial charge in [0.15, 0.2) is 5.78 Å². The number of benzene rings is 1. The zero-order chi connectivity index (χ0) is 10.7. The zero-order valence-electron chi connectivity index (χ0n) is 9.00. The molecule has 1 rings (SSSR count). The molecule has 2 nitrogen and oxygen atoms in total. The van der Waals surface area contributed by atoms with Gasteiger partial charge >= 0.3 is 0 Å². The van der Waals surface area contributed by atoms with Crippen molar-refractivity contribution in [2.75, 3.05) is 5.73 Å². The number of hydrogen-bond acceptors (Lipinski definition) is 2. The molecule has 0 unspecified atom stereocenters. The van der Waals surface area contributed by atoms with E-state index < -0.39 is 0 Å². The second-order valence-corrected chi connectivity index (χ2v) is 4.10. The summed E-state index contributed by atoms with van der Waals surface area (Å²) in [7, 11) is 0. The molecule has 0 spiro atoms. The van der Waals surface area contributed by atoms with E-state index in [1.165, 1.54) is 0 Å². The van der Waals surface area contributed by atoms with Gasteiger partial charge in [0.1, 0.15) is 0 Å². The third-order valence-corrected chi connectivity index (χ3v) is 2.14. The summed E-state index contributed by atoms with van der Waals surface area (Å²) in [6, 6.07) is 5.43. The maximum atomic E-state index is 11.7. The van der Waals surface area contributed by atoms with Crippen LogP contribution in [0.4, 0.5) is 5.69 Å². The van der Waals surface area contributed by atoms with E-state index in [-0.39, 0.29) is 5.78 Å². The quantitative estimate of drug-likeness (QED) is 0.589. The minimum absolute atomic E-state index is 0.206. The zero-order valence-corrected chi connectivity index (χ0v) is 9.00. The first-order valence-corrected chi connectivity index (χ1v) is 4.90. The van der Waals surface area contributed by atoms with Crippen molar-refractivity contribution in [1.82, 2.24) is 0 Å². The van der Waals surface area contributed by atoms with Crippen molar-refractivity contribution in [1.29, 1.82) is 0 Å². The molecule has 0 fully saturated rings. The van der Waals surface area contributed by atoms with Crippen molar-refractivity contribution in [2.45, 2.75) is 27.2 Å². The van der Waals surface area contributed by atoms with Crippen LogP contribution in [0, 0.1) is 12.8 Å². The Labute approximate surface area is 85.1 Å². The summed E-state index contributed by atoms with van der Waals surface area (Å²) >= 11 is 0. The molecule has 2 N–H and O–H groups in total. The second-order valence-electron chi connectivity index (χ2n) is 4.10. The van der Waals surface area contributed by atoms with Crippen LogP contribution in [0.25, 0.3) is 0 Å². The Morgan fingerprint density at radius 1 is 1.43 bits per heavy atom. The molecule has 0 radical (unpaired) electrons. The molecule has 76 valence electrons. The van der Waals surface area contributed by atoms with Gasteiger partial charge in [0.05, 0.1) is 0 Å². The van der Waals surface area contributed by atoms with Gasteiger partial charge in [-0.1, -0.05) is 13.8 Å². The average molecular weight is 191 g/mol. The lowest BCUT2D eigenvalue weighted by molar-refractivity contribution is 0.0967. The fourth-order valence-electron chi connectivity index (χ4n) is 1.48. The minimum Gasteiger partial charge on any atom is -0.399 e. The van der Waals surface area contributed by atoms with Crippen LogP contribution in [-0.2, 0) is 0 Å². The molecule has 2 heteroatoms. The molecule has 0 aliphatic heterocycles. The van der Waals surface area contributed by atoms with Gasteiger partial charge < -0.3 is 5.73 Å². The molecule has 0 aliphatic carbocycles. The van der Waals surface area contributed by atoms with Crippen molar-refractivity contribution >= 4 is 11.5 Å². The van der Waals surface area contributed by atoms with Crippen LogP contribution in [0.3, 0.4) is 0 Å². The normalized spacial score (nSPS) is 10.6. The van der Waals surface area contributed by atoms with E-state index in [2.05, 4.69) is 0 Å². The van der Waals surface area contributed by atoms with E-state index in [0.717, 1.165) is 11.1 Å². The predicted molar refractivity (Wildman–Crippen MR) is 59.4 cm³/mol. The number of nitrogen functional groups attached to an aromatic ring is 1. The lowest BCUT2D eigenvalue weighted by Crippen LogP contribution is -2.05. The first-order valence-electron chi connectivity index (χ1n) is 4.90. The van der Waals surface area contributed by atoms with Crippen molar-refractivity contribution in [3.63, 3.8) is 0 Å². The van der Waals surface area contributed by atoms with E-state index in [1.807, 2.05) is 32.9 Å². The standard InChI is InChI=1S/C12H17NO/c1-8(2)6-12(14)11-5-4-10(13)7-9(11)3/h4-5,7-8H,6,13H2,1-3H3. The number of Topliss-reactive ketones (excluding diaryl/α,β-unsaturated/α-hetero) is 1. The van der Waals surface area contributed by atoms with Gasteiger partial charge in [-0.2, -0.15) is 0 Å². The molecule has 0 atom stereocenters. The number of nitrogens with two attached hydrogens (primary N) is 1. The highest BCUT2D eigenvalue weighted by atomic mass is 16.1. The van der Waals surface area contributed by atoms with E-state index in [4.69, 9.17) is 5.73 Å². The van der Waals surface area contributed by atoms with E-state index in [9.17, 15) is 4.79 Å². The smallest absolute Gasteiger partial charge is 0.163 e. The molecule has 0 aromatic heterocycles. The number of carbonyl (C=O) groups is 1. The third-order valence-electron chi connectivity index (χ3n) is 2.14. The second kappa shape index (κ2) is 4.27. The molecular weight excluding hydrogens is 174 g/mol. The maximum absolute atomic E-state index is 11.7. The van der Waals surface area contributed by atoms with Crippen molar-refractivity contribution in [3.05, 3.63) is 29.3 Å². The molecule has 0 heterocycles. The summed E-state index contributed by atoms with van der Waals surface area (Å²) in [5, 5.41) is 0. The summed E-state index contributed by atoms with van der Waals surface area (Å²) in [5.41, 5.74) is 8.10. The van der Waals surface area contributed by atoms with E-state index in [0.29, 0.717) is 18.0 Å². The van der Waals surface area contributed by atoms with Crippen molar-refractivity contribution < 1.29 is 4.79 Å². The maximum Gasteiger partial charge on any atom is 0.163 e. The highest BCUT2D eigenvalue weighted by molar-refractivity contribution is 5.97. The summed E-state index contributed by atoms with van der Waals surface area (Å²) in [6.07, 6.45) is 0.602. The van der Waals surface area contributed by atoms with Gasteiger partial charge in [-0.15, -0.1) is 0 Å². The van der Waals surface area contributed by atoms with Crippen LogP contribution >= 0.6 is 0 Å². The Bertz CT molecular complexity index is 342. The molecule has 0 saturated heterocycles. The van der Waals surface area contributed by atoms with Crippen LogP contribution in [0.1, 0.15) is 36.2 Å². The topological polar surface area (TPSA) is 43.1 Å². The van der Waals surface area contributed by atoms with Crippen LogP contribution in [-0.4, -0.2) is 5.78 Å². The Hall–Kier alpha value is -1.31. The highest BCUT2D eigenvalue weighted by Gasteiger charge is 2.10. The molecule has 14 heavy (non-hydrogen) atoms. The number of carbonyl (C=O) groups excluding carboxylic acids is 1. The Morgan fingerprint density at radius 2 is 2.07 bits per heavy atom. The number of rotatable bonds is 3. The first kappa shape index (κ1) is 10.8. The molecule has 0 saturated carbocycles. The van der Waals surface area contributed by atoms with Gasteiger partial charge in [0.2, 0.25) is 0 Å². The Balaban J connectivity index is 2.90. The molecule has 1 aromatic carbocycles.